The summed E-state index contributed by atoms with van der Waals surface area (Å²) in [5.74, 6) is 0.887. The Labute approximate surface area is 91.8 Å². The molecule has 86 valence electrons. The molecular formula is C12H21NO2. The van der Waals surface area contributed by atoms with Gasteiger partial charge in [-0.2, -0.15) is 0 Å². The van der Waals surface area contributed by atoms with Gasteiger partial charge in [-0.15, -0.1) is 0 Å². The van der Waals surface area contributed by atoms with Gasteiger partial charge in [0, 0.05) is 12.1 Å². The van der Waals surface area contributed by atoms with Crippen molar-refractivity contribution in [3.05, 3.63) is 23.7 Å². The van der Waals surface area contributed by atoms with E-state index in [9.17, 15) is 0 Å². The van der Waals surface area contributed by atoms with Crippen LogP contribution in [-0.4, -0.2) is 12.1 Å². The zero-order valence-electron chi connectivity index (χ0n) is 10.1. The van der Waals surface area contributed by atoms with Crippen molar-refractivity contribution in [1.29, 1.82) is 0 Å². The monoisotopic (exact) mass is 211 g/mol. The first-order valence-electron chi connectivity index (χ1n) is 5.42. The highest BCUT2D eigenvalue weighted by atomic mass is 16.5. The molecule has 0 unspecified atom stereocenters. The third-order valence-electron chi connectivity index (χ3n) is 1.93. The normalized spacial score (nSPS) is 12.0. The Balaban J connectivity index is 2.39. The van der Waals surface area contributed by atoms with E-state index >= 15 is 0 Å². The standard InChI is InChI=1S/C12H21NO2/c1-5-13-7-10-6-11(14-8-10)9-15-12(2,3)4/h6,8,13H,5,7,9H2,1-4H3. The van der Waals surface area contributed by atoms with Gasteiger partial charge in [-0.25, -0.2) is 0 Å². The summed E-state index contributed by atoms with van der Waals surface area (Å²) in [5.41, 5.74) is 1.05. The molecule has 1 aromatic rings. The van der Waals surface area contributed by atoms with Gasteiger partial charge in [0.1, 0.15) is 12.4 Å². The van der Waals surface area contributed by atoms with Crippen LogP contribution in [0.25, 0.3) is 0 Å². The first-order chi connectivity index (χ1) is 7.01. The molecule has 1 N–H and O–H groups in total. The Morgan fingerprint density at radius 2 is 2.13 bits per heavy atom. The van der Waals surface area contributed by atoms with Crippen molar-refractivity contribution >= 4 is 0 Å². The summed E-state index contributed by atoms with van der Waals surface area (Å²) in [5, 5.41) is 3.25. The molecule has 1 heterocycles. The van der Waals surface area contributed by atoms with Crippen molar-refractivity contribution < 1.29 is 9.15 Å². The van der Waals surface area contributed by atoms with Crippen molar-refractivity contribution in [1.82, 2.24) is 5.32 Å². The number of ether oxygens (including phenoxy) is 1. The molecule has 0 aliphatic heterocycles. The molecule has 1 rings (SSSR count). The van der Waals surface area contributed by atoms with Gasteiger partial charge in [-0.1, -0.05) is 6.92 Å². The zero-order valence-corrected chi connectivity index (χ0v) is 10.1. The summed E-state index contributed by atoms with van der Waals surface area (Å²) in [7, 11) is 0. The van der Waals surface area contributed by atoms with Crippen LogP contribution in [0.4, 0.5) is 0 Å². The lowest BCUT2D eigenvalue weighted by molar-refractivity contribution is -0.0224. The van der Waals surface area contributed by atoms with E-state index in [0.29, 0.717) is 6.61 Å². The van der Waals surface area contributed by atoms with Crippen molar-refractivity contribution in [3.63, 3.8) is 0 Å². The van der Waals surface area contributed by atoms with E-state index in [-0.39, 0.29) is 5.60 Å². The second-order valence-electron chi connectivity index (χ2n) is 4.60. The predicted octanol–water partition coefficient (Wildman–Crippen LogP) is 2.70. The van der Waals surface area contributed by atoms with Crippen molar-refractivity contribution in [2.45, 2.75) is 46.4 Å². The van der Waals surface area contributed by atoms with Crippen LogP contribution in [0.5, 0.6) is 0 Å². The summed E-state index contributed by atoms with van der Waals surface area (Å²) in [6.07, 6.45) is 1.78. The molecule has 0 fully saturated rings. The molecule has 0 bridgehead atoms. The Bertz CT molecular complexity index is 286. The molecule has 0 saturated heterocycles. The van der Waals surface area contributed by atoms with Gasteiger partial charge in [-0.3, -0.25) is 0 Å². The first-order valence-corrected chi connectivity index (χ1v) is 5.42. The molecular weight excluding hydrogens is 190 g/mol. The maximum atomic E-state index is 5.62. The Morgan fingerprint density at radius 3 is 2.73 bits per heavy atom. The average molecular weight is 211 g/mol. The molecule has 0 radical (unpaired) electrons. The van der Waals surface area contributed by atoms with Crippen LogP contribution in [0.15, 0.2) is 16.7 Å². The molecule has 3 nitrogen and oxygen atoms in total. The Hall–Kier alpha value is -0.800. The van der Waals surface area contributed by atoms with E-state index in [0.717, 1.165) is 18.8 Å². The quantitative estimate of drug-likeness (QED) is 0.813. The van der Waals surface area contributed by atoms with E-state index in [1.807, 2.05) is 26.8 Å². The van der Waals surface area contributed by atoms with Crippen molar-refractivity contribution in [2.24, 2.45) is 0 Å². The molecule has 15 heavy (non-hydrogen) atoms. The number of hydrogen-bond acceptors (Lipinski definition) is 3. The third kappa shape index (κ3) is 5.00. The molecule has 0 spiro atoms. The summed E-state index contributed by atoms with van der Waals surface area (Å²) in [4.78, 5) is 0. The molecule has 0 aliphatic carbocycles. The number of hydrogen-bond donors (Lipinski definition) is 1. The molecule has 0 amide bonds. The van der Waals surface area contributed by atoms with Crippen LogP contribution >= 0.6 is 0 Å². The fraction of sp³-hybridized carbons (Fsp3) is 0.667. The summed E-state index contributed by atoms with van der Waals surface area (Å²) in [6.45, 7) is 10.6. The SMILES string of the molecule is CCNCc1coc(COC(C)(C)C)c1. The van der Waals surface area contributed by atoms with E-state index in [2.05, 4.69) is 12.2 Å². The van der Waals surface area contributed by atoms with E-state index in [4.69, 9.17) is 9.15 Å². The van der Waals surface area contributed by atoms with Crippen molar-refractivity contribution in [2.75, 3.05) is 6.54 Å². The van der Waals surface area contributed by atoms with Gasteiger partial charge < -0.3 is 14.5 Å². The van der Waals surface area contributed by atoms with Gasteiger partial charge in [0.05, 0.1) is 11.9 Å². The maximum absolute atomic E-state index is 5.62. The third-order valence-corrected chi connectivity index (χ3v) is 1.93. The minimum Gasteiger partial charge on any atom is -0.467 e. The first kappa shape index (κ1) is 12.3. The highest BCUT2D eigenvalue weighted by Crippen LogP contribution is 2.14. The number of rotatable bonds is 5. The molecule has 0 atom stereocenters. The molecule has 0 saturated carbocycles. The Kier molecular flexibility index (Phi) is 4.36. The molecule has 0 aliphatic rings. The summed E-state index contributed by atoms with van der Waals surface area (Å²) in [6, 6.07) is 2.04. The van der Waals surface area contributed by atoms with Crippen molar-refractivity contribution in [3.8, 4) is 0 Å². The largest absolute Gasteiger partial charge is 0.467 e. The second kappa shape index (κ2) is 5.33. The average Bonchev–Trinajstić information content (AvgIpc) is 2.58. The highest BCUT2D eigenvalue weighted by molar-refractivity contribution is 5.12. The van der Waals surface area contributed by atoms with E-state index < -0.39 is 0 Å². The highest BCUT2D eigenvalue weighted by Gasteiger charge is 2.11. The van der Waals surface area contributed by atoms with Gasteiger partial charge >= 0.3 is 0 Å². The zero-order chi connectivity index (χ0) is 11.3. The van der Waals surface area contributed by atoms with Crippen LogP contribution in [0, 0.1) is 0 Å². The smallest absolute Gasteiger partial charge is 0.129 e. The minimum atomic E-state index is -0.116. The lowest BCUT2D eigenvalue weighted by atomic mass is 10.2. The minimum absolute atomic E-state index is 0.116. The molecule has 1 aromatic heterocycles. The maximum Gasteiger partial charge on any atom is 0.129 e. The summed E-state index contributed by atoms with van der Waals surface area (Å²) < 4.78 is 11.0. The van der Waals surface area contributed by atoms with Crippen LogP contribution in [0.1, 0.15) is 39.0 Å². The van der Waals surface area contributed by atoms with Gasteiger partial charge in [-0.05, 0) is 33.4 Å². The Morgan fingerprint density at radius 1 is 1.40 bits per heavy atom. The van der Waals surface area contributed by atoms with Crippen LogP contribution in [0.2, 0.25) is 0 Å². The molecule has 3 heteroatoms. The number of furan rings is 1. The van der Waals surface area contributed by atoms with Crippen LogP contribution in [0.3, 0.4) is 0 Å². The fourth-order valence-electron chi connectivity index (χ4n) is 1.15. The lowest BCUT2D eigenvalue weighted by Crippen LogP contribution is -2.18. The topological polar surface area (TPSA) is 34.4 Å². The second-order valence-corrected chi connectivity index (χ2v) is 4.60. The fourth-order valence-corrected chi connectivity index (χ4v) is 1.15. The van der Waals surface area contributed by atoms with E-state index in [1.54, 1.807) is 6.26 Å². The lowest BCUT2D eigenvalue weighted by Gasteiger charge is -2.18. The number of nitrogens with one attached hydrogen (secondary N) is 1. The van der Waals surface area contributed by atoms with Gasteiger partial charge in [0.2, 0.25) is 0 Å². The summed E-state index contributed by atoms with van der Waals surface area (Å²) >= 11 is 0. The molecule has 0 aromatic carbocycles. The van der Waals surface area contributed by atoms with Crippen LogP contribution in [-0.2, 0) is 17.9 Å². The van der Waals surface area contributed by atoms with E-state index in [1.165, 1.54) is 5.56 Å². The van der Waals surface area contributed by atoms with Crippen LogP contribution < -0.4 is 5.32 Å². The van der Waals surface area contributed by atoms with Gasteiger partial charge in [0.15, 0.2) is 0 Å². The van der Waals surface area contributed by atoms with Gasteiger partial charge in [0.25, 0.3) is 0 Å². The predicted molar refractivity (Wildman–Crippen MR) is 60.6 cm³/mol.